The monoisotopic (exact) mass is 1150 g/mol. The van der Waals surface area contributed by atoms with Crippen LogP contribution < -0.4 is 21.3 Å². The Balaban J connectivity index is 1.13. The molecule has 72 heavy (non-hydrogen) atoms. The van der Waals surface area contributed by atoms with Crippen molar-refractivity contribution in [2.24, 2.45) is 0 Å². The molecule has 0 spiro atoms. The summed E-state index contributed by atoms with van der Waals surface area (Å²) >= 11 is 8.18. The first kappa shape index (κ1) is 55.5. The second-order valence-corrected chi connectivity index (χ2v) is 21.4. The number of aromatic nitrogens is 6. The van der Waals surface area contributed by atoms with Crippen molar-refractivity contribution in [2.45, 2.75) is 19.6 Å². The highest BCUT2D eigenvalue weighted by Crippen LogP contribution is 2.29. The van der Waals surface area contributed by atoms with E-state index >= 15 is 0 Å². The Hall–Kier alpha value is -5.80. The van der Waals surface area contributed by atoms with Gasteiger partial charge >= 0.3 is 20.8 Å². The molecular weight excluding hydrogens is 1120 g/mol. The van der Waals surface area contributed by atoms with Crippen molar-refractivity contribution in [3.63, 3.8) is 0 Å². The van der Waals surface area contributed by atoms with E-state index in [4.69, 9.17) is 40.7 Å². The quantitative estimate of drug-likeness (QED) is 0.0231. The highest BCUT2D eigenvalue weighted by molar-refractivity contribution is 7.86. The molecule has 2 heterocycles. The standard InChI is InChI=1S/C36H32Cl2N10O18S6/c37-31-43-33(39-23-7-11-27(12-8-23)67(49)63-15-17-65-71(57,58)59)47-35(45-31)41-25-5-3-21(29(19-25)69(51,52)53)1-2-22-4-6-26(20-30(22)70(54,55)56)42-36-46-32(38)44-34(48-36)40-24-9-13-28(14-10-24)68(50)64-16-18-66-72(60,61)62/h1-14,19-20H,15-18H2,(H,51,52,53)(H,54,55,56)(H,57,58,59)(H,60,61,62)(H2,39,41,43,45,47)(H2,40,42,44,46,48). The van der Waals surface area contributed by atoms with Crippen LogP contribution >= 0.6 is 23.2 Å². The van der Waals surface area contributed by atoms with Crippen molar-refractivity contribution >= 4 is 145 Å². The van der Waals surface area contributed by atoms with Crippen molar-refractivity contribution in [3.8, 4) is 0 Å². The molecule has 4 aromatic carbocycles. The lowest BCUT2D eigenvalue weighted by Crippen LogP contribution is -2.11. The molecule has 2 aromatic heterocycles. The van der Waals surface area contributed by atoms with Gasteiger partial charge in [-0.25, -0.2) is 16.8 Å². The second kappa shape index (κ2) is 23.8. The van der Waals surface area contributed by atoms with Gasteiger partial charge in [-0.1, -0.05) is 24.3 Å². The van der Waals surface area contributed by atoms with Crippen LogP contribution in [0.5, 0.6) is 0 Å². The van der Waals surface area contributed by atoms with Gasteiger partial charge in [0, 0.05) is 22.7 Å². The Bertz CT molecular complexity index is 3280. The maximum atomic E-state index is 12.6. The molecule has 0 aliphatic carbocycles. The van der Waals surface area contributed by atoms with Crippen LogP contribution in [-0.4, -0.2) is 117 Å². The minimum atomic E-state index is -4.96. The molecular formula is C36H32Cl2N10O18S6. The van der Waals surface area contributed by atoms with Crippen molar-refractivity contribution in [2.75, 3.05) is 47.7 Å². The van der Waals surface area contributed by atoms with E-state index < -0.39 is 99.4 Å². The predicted octanol–water partition coefficient (Wildman–Crippen LogP) is 4.72. The molecule has 6 rings (SSSR count). The number of anilines is 8. The zero-order valence-electron chi connectivity index (χ0n) is 35.5. The van der Waals surface area contributed by atoms with E-state index in [1.807, 2.05) is 0 Å². The topological polar surface area (TPSA) is 414 Å². The Morgan fingerprint density at radius 1 is 0.458 bits per heavy atom. The summed E-state index contributed by atoms with van der Waals surface area (Å²) in [7, 11) is -19.3. The summed E-state index contributed by atoms with van der Waals surface area (Å²) in [4.78, 5) is 23.3. The lowest BCUT2D eigenvalue weighted by Gasteiger charge is -2.12. The SMILES string of the molecule is O=S(OCCOS(=O)(=O)O)c1ccc(Nc2nc(Cl)nc(Nc3ccc(C=Cc4ccc(Nc5nc(Cl)nc(Nc6ccc(S(=O)OCCOS(=O)(=O)O)cc6)n5)cc4S(=O)(=O)O)c(S(=O)(=O)O)c3)n2)cc1. The summed E-state index contributed by atoms with van der Waals surface area (Å²) < 4.78 is 173. The van der Waals surface area contributed by atoms with Gasteiger partial charge in [0.1, 0.15) is 9.79 Å². The zero-order chi connectivity index (χ0) is 52.4. The van der Waals surface area contributed by atoms with E-state index in [2.05, 4.69) is 59.5 Å². The molecule has 0 bridgehead atoms. The fraction of sp³-hybridized carbons (Fsp3) is 0.111. The van der Waals surface area contributed by atoms with E-state index in [0.29, 0.717) is 11.4 Å². The molecule has 384 valence electrons. The first-order chi connectivity index (χ1) is 33.8. The van der Waals surface area contributed by atoms with Crippen LogP contribution in [-0.2, 0) is 79.9 Å². The highest BCUT2D eigenvalue weighted by atomic mass is 35.5. The van der Waals surface area contributed by atoms with Crippen LogP contribution in [0.1, 0.15) is 11.1 Å². The van der Waals surface area contributed by atoms with E-state index in [9.17, 15) is 51.2 Å². The number of nitrogens with one attached hydrogen (secondary N) is 4. The van der Waals surface area contributed by atoms with Gasteiger partial charge in [-0.15, -0.1) is 0 Å². The van der Waals surface area contributed by atoms with Crippen LogP contribution in [0.3, 0.4) is 0 Å². The molecule has 2 atom stereocenters. The highest BCUT2D eigenvalue weighted by Gasteiger charge is 2.20. The predicted molar refractivity (Wildman–Crippen MR) is 257 cm³/mol. The average Bonchev–Trinajstić information content (AvgIpc) is 3.28. The van der Waals surface area contributed by atoms with Gasteiger partial charge in [-0.2, -0.15) is 63.6 Å². The van der Waals surface area contributed by atoms with Gasteiger partial charge in [-0.3, -0.25) is 26.6 Å². The van der Waals surface area contributed by atoms with Crippen LogP contribution in [0, 0.1) is 0 Å². The third-order valence-electron chi connectivity index (χ3n) is 8.37. The molecule has 28 nitrogen and oxygen atoms in total. The van der Waals surface area contributed by atoms with E-state index in [0.717, 1.165) is 24.3 Å². The Morgan fingerprint density at radius 3 is 1.07 bits per heavy atom. The van der Waals surface area contributed by atoms with Gasteiger partial charge in [-0.05, 0) is 107 Å². The van der Waals surface area contributed by atoms with Crippen molar-refractivity contribution in [3.05, 3.63) is 107 Å². The van der Waals surface area contributed by atoms with Crippen LogP contribution in [0.2, 0.25) is 10.6 Å². The molecule has 2 unspecified atom stereocenters. The third kappa shape index (κ3) is 17.5. The molecule has 0 saturated carbocycles. The van der Waals surface area contributed by atoms with Crippen molar-refractivity contribution in [1.29, 1.82) is 0 Å². The van der Waals surface area contributed by atoms with Gasteiger partial charge in [0.05, 0.1) is 36.2 Å². The molecule has 0 aliphatic rings. The summed E-state index contributed by atoms with van der Waals surface area (Å²) in [6.45, 7) is -2.00. The average molecular weight is 1160 g/mol. The minimum Gasteiger partial charge on any atom is -0.324 e. The zero-order valence-corrected chi connectivity index (χ0v) is 41.9. The van der Waals surface area contributed by atoms with Gasteiger partial charge in [0.25, 0.3) is 20.2 Å². The van der Waals surface area contributed by atoms with Crippen molar-refractivity contribution < 1.29 is 77.0 Å². The molecule has 8 N–H and O–H groups in total. The molecule has 0 amide bonds. The molecule has 6 aromatic rings. The minimum absolute atomic E-state index is 0.0238. The van der Waals surface area contributed by atoms with Gasteiger partial charge < -0.3 is 21.3 Å². The van der Waals surface area contributed by atoms with Crippen LogP contribution in [0.25, 0.3) is 12.2 Å². The van der Waals surface area contributed by atoms with E-state index in [1.54, 1.807) is 0 Å². The molecule has 0 fully saturated rings. The fourth-order valence-corrected chi connectivity index (χ4v) is 9.22. The molecule has 0 radical (unpaired) electrons. The lowest BCUT2D eigenvalue weighted by molar-refractivity contribution is 0.211. The van der Waals surface area contributed by atoms with Gasteiger partial charge in [0.2, 0.25) is 34.4 Å². The number of rotatable bonds is 24. The Kier molecular flexibility index (Phi) is 18.4. The summed E-state index contributed by atoms with van der Waals surface area (Å²) in [5.74, 6) is -0.597. The van der Waals surface area contributed by atoms with E-state index in [1.165, 1.54) is 72.8 Å². The number of hydrogen-bond acceptors (Lipinski definition) is 24. The Labute approximate surface area is 423 Å². The van der Waals surface area contributed by atoms with Crippen LogP contribution in [0.15, 0.2) is 105 Å². The van der Waals surface area contributed by atoms with Crippen molar-refractivity contribution in [1.82, 2.24) is 29.9 Å². The summed E-state index contributed by atoms with van der Waals surface area (Å²) in [6.07, 6.45) is 2.31. The second-order valence-electron chi connectivity index (χ2n) is 13.5. The summed E-state index contributed by atoms with van der Waals surface area (Å²) in [5, 5.41) is 10.6. The summed E-state index contributed by atoms with van der Waals surface area (Å²) in [5.41, 5.74) is 0.506. The number of benzene rings is 4. The molecule has 36 heteroatoms. The lowest BCUT2D eigenvalue weighted by atomic mass is 10.1. The fourth-order valence-electron chi connectivity index (χ4n) is 5.50. The smallest absolute Gasteiger partial charge is 0.324 e. The van der Waals surface area contributed by atoms with Gasteiger partial charge in [0.15, 0.2) is 22.2 Å². The largest absolute Gasteiger partial charge is 0.397 e. The molecule has 0 saturated heterocycles. The number of halogens is 2. The summed E-state index contributed by atoms with van der Waals surface area (Å²) in [6, 6.07) is 18.7. The molecule has 0 aliphatic heterocycles. The van der Waals surface area contributed by atoms with Crippen LogP contribution in [0.4, 0.5) is 46.5 Å². The maximum Gasteiger partial charge on any atom is 0.397 e. The normalized spacial score (nSPS) is 13.1. The maximum absolute atomic E-state index is 12.6. The number of nitrogens with zero attached hydrogens (tertiary/aromatic N) is 6. The number of hydrogen-bond donors (Lipinski definition) is 8. The first-order valence-corrected chi connectivity index (χ1v) is 27.6. The third-order valence-corrected chi connectivity index (χ3v) is 13.5. The Morgan fingerprint density at radius 2 is 0.764 bits per heavy atom. The van der Waals surface area contributed by atoms with E-state index in [-0.39, 0.29) is 66.7 Å². The first-order valence-electron chi connectivity index (χ1n) is 19.1.